The molecule has 0 radical (unpaired) electrons. The molecule has 1 heterocycles. The van der Waals surface area contributed by atoms with E-state index in [-0.39, 0.29) is 5.91 Å². The van der Waals surface area contributed by atoms with E-state index in [9.17, 15) is 4.79 Å². The third-order valence-corrected chi connectivity index (χ3v) is 3.86. The summed E-state index contributed by atoms with van der Waals surface area (Å²) in [5.74, 6) is -0.0635. The molecule has 0 saturated carbocycles. The van der Waals surface area contributed by atoms with Gasteiger partial charge in [0, 0.05) is 30.0 Å². The second-order valence-electron chi connectivity index (χ2n) is 5.42. The van der Waals surface area contributed by atoms with Gasteiger partial charge in [-0.05, 0) is 49.6 Å². The fourth-order valence-electron chi connectivity index (χ4n) is 2.73. The van der Waals surface area contributed by atoms with Crippen LogP contribution in [0, 0.1) is 0 Å². The van der Waals surface area contributed by atoms with Crippen LogP contribution >= 0.6 is 0 Å². The third kappa shape index (κ3) is 3.43. The van der Waals surface area contributed by atoms with Crippen LogP contribution in [0.1, 0.15) is 29.6 Å². The average Bonchev–Trinajstić information content (AvgIpc) is 2.57. The van der Waals surface area contributed by atoms with E-state index < -0.39 is 0 Å². The summed E-state index contributed by atoms with van der Waals surface area (Å²) in [4.78, 5) is 14.6. The molecule has 1 amide bonds. The van der Waals surface area contributed by atoms with Gasteiger partial charge in [-0.15, -0.1) is 0 Å². The van der Waals surface area contributed by atoms with Crippen molar-refractivity contribution in [3.63, 3.8) is 0 Å². The molecule has 1 aliphatic rings. The van der Waals surface area contributed by atoms with E-state index in [2.05, 4.69) is 22.3 Å². The Kier molecular flexibility index (Phi) is 4.20. The van der Waals surface area contributed by atoms with Crippen LogP contribution in [0.2, 0.25) is 0 Å². The Labute approximate surface area is 125 Å². The molecule has 0 aromatic heterocycles. The van der Waals surface area contributed by atoms with Crippen LogP contribution in [0.15, 0.2) is 54.6 Å². The fourth-order valence-corrected chi connectivity index (χ4v) is 2.73. The molecule has 0 unspecified atom stereocenters. The zero-order valence-corrected chi connectivity index (χ0v) is 12.1. The van der Waals surface area contributed by atoms with E-state index in [0.717, 1.165) is 18.8 Å². The molecule has 3 nitrogen and oxygen atoms in total. The SMILES string of the molecule is O=C(Nc1cccc(N2CCCCC2)c1)c1ccccc1. The number of anilines is 2. The Morgan fingerprint density at radius 1 is 0.905 bits per heavy atom. The Bertz CT molecular complexity index is 604. The van der Waals surface area contributed by atoms with E-state index in [1.54, 1.807) is 0 Å². The normalized spacial score (nSPS) is 14.8. The summed E-state index contributed by atoms with van der Waals surface area (Å²) >= 11 is 0. The lowest BCUT2D eigenvalue weighted by molar-refractivity contribution is 0.102. The second kappa shape index (κ2) is 6.44. The van der Waals surface area contributed by atoms with Crippen molar-refractivity contribution in [1.82, 2.24) is 0 Å². The minimum atomic E-state index is -0.0635. The molecule has 3 rings (SSSR count). The number of hydrogen-bond acceptors (Lipinski definition) is 2. The summed E-state index contributed by atoms with van der Waals surface area (Å²) in [5.41, 5.74) is 2.73. The van der Waals surface area contributed by atoms with E-state index in [1.165, 1.54) is 24.9 Å². The van der Waals surface area contributed by atoms with Gasteiger partial charge in [0.2, 0.25) is 0 Å². The highest BCUT2D eigenvalue weighted by molar-refractivity contribution is 6.04. The zero-order valence-electron chi connectivity index (χ0n) is 12.1. The van der Waals surface area contributed by atoms with Crippen molar-refractivity contribution in [1.29, 1.82) is 0 Å². The van der Waals surface area contributed by atoms with Crippen molar-refractivity contribution >= 4 is 17.3 Å². The highest BCUT2D eigenvalue weighted by Gasteiger charge is 2.12. The van der Waals surface area contributed by atoms with Crippen molar-refractivity contribution in [2.75, 3.05) is 23.3 Å². The maximum absolute atomic E-state index is 12.2. The van der Waals surface area contributed by atoms with E-state index in [1.807, 2.05) is 42.5 Å². The van der Waals surface area contributed by atoms with Crippen LogP contribution in [0.3, 0.4) is 0 Å². The molecule has 3 heteroatoms. The number of piperidine rings is 1. The summed E-state index contributed by atoms with van der Waals surface area (Å²) in [7, 11) is 0. The Balaban J connectivity index is 1.72. The van der Waals surface area contributed by atoms with Crippen molar-refractivity contribution in [3.8, 4) is 0 Å². The predicted molar refractivity (Wildman–Crippen MR) is 86.9 cm³/mol. The van der Waals surface area contributed by atoms with Gasteiger partial charge < -0.3 is 10.2 Å². The molecule has 0 aliphatic carbocycles. The van der Waals surface area contributed by atoms with Crippen molar-refractivity contribution in [2.45, 2.75) is 19.3 Å². The first-order valence-corrected chi connectivity index (χ1v) is 7.54. The minimum absolute atomic E-state index is 0.0635. The number of amides is 1. The Hall–Kier alpha value is -2.29. The van der Waals surface area contributed by atoms with Gasteiger partial charge >= 0.3 is 0 Å². The first-order valence-electron chi connectivity index (χ1n) is 7.54. The van der Waals surface area contributed by atoms with Gasteiger partial charge in [-0.2, -0.15) is 0 Å². The summed E-state index contributed by atoms with van der Waals surface area (Å²) < 4.78 is 0. The van der Waals surface area contributed by atoms with Crippen molar-refractivity contribution in [2.24, 2.45) is 0 Å². The monoisotopic (exact) mass is 280 g/mol. The lowest BCUT2D eigenvalue weighted by Crippen LogP contribution is -2.29. The number of nitrogens with one attached hydrogen (secondary N) is 1. The van der Waals surface area contributed by atoms with Gasteiger partial charge in [-0.1, -0.05) is 24.3 Å². The molecular weight excluding hydrogens is 260 g/mol. The summed E-state index contributed by atoms with van der Waals surface area (Å²) in [6, 6.07) is 17.4. The maximum Gasteiger partial charge on any atom is 0.255 e. The number of carbonyl (C=O) groups excluding carboxylic acids is 1. The van der Waals surface area contributed by atoms with Crippen LogP contribution in [0.4, 0.5) is 11.4 Å². The Morgan fingerprint density at radius 3 is 2.43 bits per heavy atom. The zero-order chi connectivity index (χ0) is 14.5. The first kappa shape index (κ1) is 13.7. The number of carbonyl (C=O) groups is 1. The molecular formula is C18H20N2O. The smallest absolute Gasteiger partial charge is 0.255 e. The highest BCUT2D eigenvalue weighted by Crippen LogP contribution is 2.23. The fraction of sp³-hybridized carbons (Fsp3) is 0.278. The molecule has 2 aromatic rings. The molecule has 0 spiro atoms. The lowest BCUT2D eigenvalue weighted by Gasteiger charge is -2.29. The molecule has 0 bridgehead atoms. The van der Waals surface area contributed by atoms with Crippen LogP contribution in [-0.4, -0.2) is 19.0 Å². The average molecular weight is 280 g/mol. The van der Waals surface area contributed by atoms with Gasteiger partial charge in [-0.25, -0.2) is 0 Å². The summed E-state index contributed by atoms with van der Waals surface area (Å²) in [6.45, 7) is 2.21. The van der Waals surface area contributed by atoms with Crippen molar-refractivity contribution < 1.29 is 4.79 Å². The molecule has 1 saturated heterocycles. The number of nitrogens with zero attached hydrogens (tertiary/aromatic N) is 1. The number of hydrogen-bond donors (Lipinski definition) is 1. The van der Waals surface area contributed by atoms with Gasteiger partial charge in [0.1, 0.15) is 0 Å². The van der Waals surface area contributed by atoms with E-state index >= 15 is 0 Å². The maximum atomic E-state index is 12.2. The van der Waals surface area contributed by atoms with Crippen LogP contribution in [-0.2, 0) is 0 Å². The molecule has 1 aliphatic heterocycles. The first-order chi connectivity index (χ1) is 10.3. The predicted octanol–water partition coefficient (Wildman–Crippen LogP) is 3.93. The van der Waals surface area contributed by atoms with E-state index in [4.69, 9.17) is 0 Å². The standard InChI is InChI=1S/C18H20N2O/c21-18(15-8-3-1-4-9-15)19-16-10-7-11-17(14-16)20-12-5-2-6-13-20/h1,3-4,7-11,14H,2,5-6,12-13H2,(H,19,21). The molecule has 0 atom stereocenters. The van der Waals surface area contributed by atoms with E-state index in [0.29, 0.717) is 5.56 Å². The van der Waals surface area contributed by atoms with Gasteiger partial charge in [0.05, 0.1) is 0 Å². The molecule has 1 fully saturated rings. The highest BCUT2D eigenvalue weighted by atomic mass is 16.1. The van der Waals surface area contributed by atoms with Crippen LogP contribution in [0.25, 0.3) is 0 Å². The lowest BCUT2D eigenvalue weighted by atomic mass is 10.1. The second-order valence-corrected chi connectivity index (χ2v) is 5.42. The minimum Gasteiger partial charge on any atom is -0.371 e. The van der Waals surface area contributed by atoms with Gasteiger partial charge in [0.25, 0.3) is 5.91 Å². The summed E-state index contributed by atoms with van der Waals surface area (Å²) in [5, 5.41) is 2.97. The third-order valence-electron chi connectivity index (χ3n) is 3.86. The quantitative estimate of drug-likeness (QED) is 0.924. The molecule has 108 valence electrons. The Morgan fingerprint density at radius 2 is 1.67 bits per heavy atom. The van der Waals surface area contributed by atoms with Crippen LogP contribution < -0.4 is 10.2 Å². The molecule has 1 N–H and O–H groups in total. The molecule has 2 aromatic carbocycles. The largest absolute Gasteiger partial charge is 0.371 e. The molecule has 21 heavy (non-hydrogen) atoms. The van der Waals surface area contributed by atoms with Crippen LogP contribution in [0.5, 0.6) is 0 Å². The van der Waals surface area contributed by atoms with Crippen molar-refractivity contribution in [3.05, 3.63) is 60.2 Å². The van der Waals surface area contributed by atoms with Gasteiger partial charge in [-0.3, -0.25) is 4.79 Å². The number of rotatable bonds is 3. The number of benzene rings is 2. The summed E-state index contributed by atoms with van der Waals surface area (Å²) in [6.07, 6.45) is 3.82. The topological polar surface area (TPSA) is 32.3 Å². The van der Waals surface area contributed by atoms with Gasteiger partial charge in [0.15, 0.2) is 0 Å².